The fraction of sp³-hybridized carbons (Fsp3) is 0.688. The first kappa shape index (κ1) is 14.0. The summed E-state index contributed by atoms with van der Waals surface area (Å²) >= 11 is 0. The Morgan fingerprint density at radius 2 is 1.94 bits per heavy atom. The van der Waals surface area contributed by atoms with Gasteiger partial charge in [0.25, 0.3) is 0 Å². The van der Waals surface area contributed by atoms with Gasteiger partial charge in [-0.25, -0.2) is 6.57 Å². The van der Waals surface area contributed by atoms with Crippen molar-refractivity contribution in [2.45, 2.75) is 58.9 Å². The van der Waals surface area contributed by atoms with Crippen LogP contribution in [0.2, 0.25) is 0 Å². The van der Waals surface area contributed by atoms with E-state index in [-0.39, 0.29) is 5.54 Å². The number of nitrogens with zero attached hydrogens (tertiary/aromatic N) is 1. The van der Waals surface area contributed by atoms with E-state index in [0.717, 1.165) is 12.8 Å². The van der Waals surface area contributed by atoms with Crippen molar-refractivity contribution in [3.8, 4) is 0 Å². The minimum atomic E-state index is -0.0788. The lowest BCUT2D eigenvalue weighted by Gasteiger charge is -2.29. The molecule has 0 atom stereocenters. The lowest BCUT2D eigenvalue weighted by molar-refractivity contribution is 0.311. The summed E-state index contributed by atoms with van der Waals surface area (Å²) in [6, 6.07) is 0. The average Bonchev–Trinajstić information content (AvgIpc) is 2.29. The molecule has 0 N–H and O–H groups in total. The van der Waals surface area contributed by atoms with Crippen LogP contribution in [0.3, 0.4) is 0 Å². The molecular formula is C16H25N. The van der Waals surface area contributed by atoms with Gasteiger partial charge in [-0.05, 0) is 31.6 Å². The first-order valence-corrected chi connectivity index (χ1v) is 6.70. The minimum Gasteiger partial charge on any atom is -0.311 e. The molecule has 0 bridgehead atoms. The Labute approximate surface area is 106 Å². The van der Waals surface area contributed by atoms with E-state index in [0.29, 0.717) is 11.8 Å². The van der Waals surface area contributed by atoms with E-state index in [4.69, 9.17) is 6.57 Å². The lowest BCUT2D eigenvalue weighted by Crippen LogP contribution is -2.27. The van der Waals surface area contributed by atoms with Crippen LogP contribution in [-0.4, -0.2) is 5.54 Å². The molecule has 0 aromatic carbocycles. The predicted octanol–water partition coefficient (Wildman–Crippen LogP) is 5.01. The molecular weight excluding hydrogens is 206 g/mol. The van der Waals surface area contributed by atoms with Gasteiger partial charge in [0.05, 0.1) is 0 Å². The van der Waals surface area contributed by atoms with Crippen molar-refractivity contribution < 1.29 is 0 Å². The summed E-state index contributed by atoms with van der Waals surface area (Å²) in [6.45, 7) is 16.0. The van der Waals surface area contributed by atoms with Gasteiger partial charge >= 0.3 is 0 Å². The molecule has 0 unspecified atom stereocenters. The Morgan fingerprint density at radius 1 is 1.35 bits per heavy atom. The van der Waals surface area contributed by atoms with Crippen molar-refractivity contribution in [1.29, 1.82) is 0 Å². The molecule has 0 heterocycles. The summed E-state index contributed by atoms with van der Waals surface area (Å²) < 4.78 is 0. The van der Waals surface area contributed by atoms with Gasteiger partial charge < -0.3 is 4.85 Å². The van der Waals surface area contributed by atoms with Crippen LogP contribution in [0.5, 0.6) is 0 Å². The summed E-state index contributed by atoms with van der Waals surface area (Å²) in [7, 11) is 0. The highest BCUT2D eigenvalue weighted by molar-refractivity contribution is 5.15. The highest BCUT2D eigenvalue weighted by Crippen LogP contribution is 2.37. The smallest absolute Gasteiger partial charge is 0.230 e. The fourth-order valence-corrected chi connectivity index (χ4v) is 2.37. The van der Waals surface area contributed by atoms with Crippen molar-refractivity contribution in [3.63, 3.8) is 0 Å². The Bertz CT molecular complexity index is 333. The van der Waals surface area contributed by atoms with Crippen molar-refractivity contribution >= 4 is 0 Å². The number of rotatable bonds is 3. The number of hydrogen-bond donors (Lipinski definition) is 0. The molecule has 17 heavy (non-hydrogen) atoms. The monoisotopic (exact) mass is 231 g/mol. The van der Waals surface area contributed by atoms with Crippen LogP contribution in [-0.2, 0) is 0 Å². The molecule has 1 aliphatic carbocycles. The zero-order chi connectivity index (χ0) is 12.9. The molecule has 0 radical (unpaired) electrons. The molecule has 1 heteroatoms. The molecule has 1 nitrogen and oxygen atoms in total. The van der Waals surface area contributed by atoms with Crippen LogP contribution >= 0.6 is 0 Å². The zero-order valence-electron chi connectivity index (χ0n) is 11.7. The van der Waals surface area contributed by atoms with Gasteiger partial charge in [0, 0.05) is 19.8 Å². The molecule has 1 saturated carbocycles. The average molecular weight is 231 g/mol. The van der Waals surface area contributed by atoms with Gasteiger partial charge in [-0.3, -0.25) is 0 Å². The maximum Gasteiger partial charge on any atom is 0.230 e. The standard InChI is InChI=1S/C16H25N/c1-13(2)7-6-8-14(3)15-9-11-16(4,17-5)12-10-15/h6-8,13,15H,9-12H2,1-4H3/b7-6+,14-8+. The topological polar surface area (TPSA) is 4.36 Å². The van der Waals surface area contributed by atoms with Gasteiger partial charge in [0.2, 0.25) is 5.54 Å². The largest absolute Gasteiger partial charge is 0.311 e. The zero-order valence-corrected chi connectivity index (χ0v) is 11.7. The van der Waals surface area contributed by atoms with Crippen molar-refractivity contribution in [2.75, 3.05) is 0 Å². The summed E-state index contributed by atoms with van der Waals surface area (Å²) in [5, 5.41) is 0. The maximum atomic E-state index is 7.22. The van der Waals surface area contributed by atoms with E-state index in [1.165, 1.54) is 18.4 Å². The van der Waals surface area contributed by atoms with Crippen molar-refractivity contribution in [2.24, 2.45) is 11.8 Å². The molecule has 1 fully saturated rings. The molecule has 0 aromatic rings. The van der Waals surface area contributed by atoms with Crippen LogP contribution in [0.4, 0.5) is 0 Å². The molecule has 94 valence electrons. The lowest BCUT2D eigenvalue weighted by atomic mass is 9.75. The third-order valence-electron chi connectivity index (χ3n) is 3.83. The Hall–Kier alpha value is -1.03. The number of allylic oxidation sites excluding steroid dienone is 4. The van der Waals surface area contributed by atoms with Crippen LogP contribution in [0.1, 0.15) is 53.4 Å². The van der Waals surface area contributed by atoms with E-state index in [9.17, 15) is 0 Å². The SMILES string of the molecule is [C-]#[N+]C1(C)CCC(/C(C)=C/C=C/C(C)C)CC1. The van der Waals surface area contributed by atoms with Gasteiger partial charge in [-0.2, -0.15) is 0 Å². The van der Waals surface area contributed by atoms with Gasteiger partial charge in [0.1, 0.15) is 0 Å². The Kier molecular flexibility index (Phi) is 5.00. The van der Waals surface area contributed by atoms with E-state index in [1.807, 2.05) is 0 Å². The van der Waals surface area contributed by atoms with Gasteiger partial charge in [0.15, 0.2) is 0 Å². The van der Waals surface area contributed by atoms with E-state index >= 15 is 0 Å². The highest BCUT2D eigenvalue weighted by Gasteiger charge is 2.36. The summed E-state index contributed by atoms with van der Waals surface area (Å²) in [5.41, 5.74) is 1.40. The quantitative estimate of drug-likeness (QED) is 0.475. The van der Waals surface area contributed by atoms with E-state index in [2.05, 4.69) is 50.8 Å². The van der Waals surface area contributed by atoms with Crippen LogP contribution in [0.15, 0.2) is 23.8 Å². The molecule has 0 saturated heterocycles. The van der Waals surface area contributed by atoms with Crippen molar-refractivity contribution in [1.82, 2.24) is 0 Å². The number of hydrogen-bond acceptors (Lipinski definition) is 0. The van der Waals surface area contributed by atoms with Gasteiger partial charge in [-0.1, -0.05) is 37.6 Å². The first-order chi connectivity index (χ1) is 7.97. The second-order valence-electron chi connectivity index (χ2n) is 5.92. The normalized spacial score (nSPS) is 30.8. The molecule has 0 spiro atoms. The third-order valence-corrected chi connectivity index (χ3v) is 3.83. The molecule has 1 rings (SSSR count). The van der Waals surface area contributed by atoms with Gasteiger partial charge in [-0.15, -0.1) is 0 Å². The minimum absolute atomic E-state index is 0.0788. The molecule has 1 aliphatic rings. The second-order valence-corrected chi connectivity index (χ2v) is 5.92. The third kappa shape index (κ3) is 4.38. The van der Waals surface area contributed by atoms with Crippen molar-refractivity contribution in [3.05, 3.63) is 35.2 Å². The highest BCUT2D eigenvalue weighted by atomic mass is 14.8. The summed E-state index contributed by atoms with van der Waals surface area (Å²) in [5.74, 6) is 1.32. The van der Waals surface area contributed by atoms with Crippen LogP contribution < -0.4 is 0 Å². The Morgan fingerprint density at radius 3 is 2.41 bits per heavy atom. The predicted molar refractivity (Wildman–Crippen MR) is 74.7 cm³/mol. The summed E-state index contributed by atoms with van der Waals surface area (Å²) in [4.78, 5) is 3.78. The van der Waals surface area contributed by atoms with Crippen LogP contribution in [0, 0.1) is 18.4 Å². The first-order valence-electron chi connectivity index (χ1n) is 6.70. The van der Waals surface area contributed by atoms with E-state index < -0.39 is 0 Å². The van der Waals surface area contributed by atoms with E-state index in [1.54, 1.807) is 0 Å². The molecule has 0 aliphatic heterocycles. The molecule has 0 amide bonds. The summed E-state index contributed by atoms with van der Waals surface area (Å²) in [6.07, 6.45) is 11.1. The maximum absolute atomic E-state index is 7.22. The fourth-order valence-electron chi connectivity index (χ4n) is 2.37. The second kappa shape index (κ2) is 6.05. The Balaban J connectivity index is 2.52. The van der Waals surface area contributed by atoms with Crippen LogP contribution in [0.25, 0.3) is 4.85 Å². The molecule has 0 aromatic heterocycles.